The van der Waals surface area contributed by atoms with Gasteiger partial charge in [-0.25, -0.2) is 0 Å². The van der Waals surface area contributed by atoms with Gasteiger partial charge in [0.1, 0.15) is 17.2 Å². The van der Waals surface area contributed by atoms with Gasteiger partial charge in [0.05, 0.1) is 6.61 Å². The number of hydrogen-bond acceptors (Lipinski definition) is 5. The standard InChI is InChI=1S/C23H26O4P2S/c1-16-7-5-9-20(11-16)25-28-24-15-19-14-22(30-4)13-18(3)23(19)27-29-26-21-10-6-8-17(2)12-21/h5-14,28-29H,15H2,1-4H3. The summed E-state index contributed by atoms with van der Waals surface area (Å²) in [5.41, 5.74) is 4.36. The molecule has 0 aliphatic rings. The molecule has 0 spiro atoms. The van der Waals surface area contributed by atoms with Crippen LogP contribution in [-0.2, 0) is 11.1 Å². The first-order chi connectivity index (χ1) is 14.5. The Balaban J connectivity index is 1.61. The molecule has 0 amide bonds. The summed E-state index contributed by atoms with van der Waals surface area (Å²) >= 11 is 1.70. The van der Waals surface area contributed by atoms with Gasteiger partial charge in [-0.2, -0.15) is 0 Å². The number of aryl methyl sites for hydroxylation is 3. The Bertz CT molecular complexity index is 981. The zero-order valence-corrected chi connectivity index (χ0v) is 20.3. The molecular weight excluding hydrogens is 434 g/mol. The van der Waals surface area contributed by atoms with E-state index in [2.05, 4.69) is 18.4 Å². The van der Waals surface area contributed by atoms with E-state index in [1.807, 2.05) is 69.3 Å². The topological polar surface area (TPSA) is 36.9 Å². The third-order valence-corrected chi connectivity index (χ3v) is 6.18. The van der Waals surface area contributed by atoms with Crippen LogP contribution in [0.15, 0.2) is 65.6 Å². The zero-order valence-electron chi connectivity index (χ0n) is 17.5. The molecule has 2 unspecified atom stereocenters. The van der Waals surface area contributed by atoms with Gasteiger partial charge in [0.25, 0.3) is 9.03 Å². The lowest BCUT2D eigenvalue weighted by Gasteiger charge is -2.16. The van der Waals surface area contributed by atoms with Crippen molar-refractivity contribution >= 4 is 29.8 Å². The molecule has 0 saturated carbocycles. The molecule has 4 nitrogen and oxygen atoms in total. The molecule has 0 N–H and O–H groups in total. The average Bonchev–Trinajstić information content (AvgIpc) is 2.72. The molecule has 0 aliphatic carbocycles. The van der Waals surface area contributed by atoms with E-state index in [4.69, 9.17) is 18.1 Å². The second kappa shape index (κ2) is 11.6. The van der Waals surface area contributed by atoms with E-state index in [-0.39, 0.29) is 18.1 Å². The van der Waals surface area contributed by atoms with Crippen molar-refractivity contribution in [1.29, 1.82) is 0 Å². The van der Waals surface area contributed by atoms with Gasteiger partial charge in [-0.1, -0.05) is 24.3 Å². The van der Waals surface area contributed by atoms with Crippen molar-refractivity contribution in [1.82, 2.24) is 0 Å². The van der Waals surface area contributed by atoms with Gasteiger partial charge in [0.2, 0.25) is 9.03 Å². The summed E-state index contributed by atoms with van der Waals surface area (Å²) < 4.78 is 23.3. The summed E-state index contributed by atoms with van der Waals surface area (Å²) in [6, 6.07) is 20.1. The van der Waals surface area contributed by atoms with Crippen LogP contribution in [0.5, 0.6) is 17.2 Å². The number of thioether (sulfide) groups is 1. The third kappa shape index (κ3) is 6.89. The summed E-state index contributed by atoms with van der Waals surface area (Å²) in [5.74, 6) is 2.42. The SMILES string of the molecule is CSc1cc(C)c(OPOc2cccc(C)c2)c(COPOc2cccc(C)c2)c1. The Morgan fingerprint density at radius 2 is 1.40 bits per heavy atom. The molecule has 3 rings (SSSR count). The highest BCUT2D eigenvalue weighted by Crippen LogP contribution is 2.36. The first-order valence-corrected chi connectivity index (χ1v) is 12.3. The Morgan fingerprint density at radius 3 is 2.00 bits per heavy atom. The smallest absolute Gasteiger partial charge is 0.275 e. The fourth-order valence-corrected chi connectivity index (χ4v) is 4.53. The number of benzene rings is 3. The Morgan fingerprint density at radius 1 is 0.767 bits per heavy atom. The average molecular weight is 460 g/mol. The molecule has 0 radical (unpaired) electrons. The van der Waals surface area contributed by atoms with Gasteiger partial charge in [-0.15, -0.1) is 11.8 Å². The van der Waals surface area contributed by atoms with Crippen LogP contribution in [0.1, 0.15) is 22.3 Å². The van der Waals surface area contributed by atoms with E-state index >= 15 is 0 Å². The minimum absolute atomic E-state index is 0.0908. The molecule has 2 atom stereocenters. The van der Waals surface area contributed by atoms with Gasteiger partial charge in [0.15, 0.2) is 0 Å². The van der Waals surface area contributed by atoms with E-state index in [9.17, 15) is 0 Å². The van der Waals surface area contributed by atoms with E-state index in [0.717, 1.165) is 39.5 Å². The van der Waals surface area contributed by atoms with Crippen molar-refractivity contribution < 1.29 is 18.1 Å². The van der Waals surface area contributed by atoms with Crippen LogP contribution in [0.25, 0.3) is 0 Å². The molecule has 0 saturated heterocycles. The number of hydrogen-bond donors (Lipinski definition) is 0. The van der Waals surface area contributed by atoms with Crippen LogP contribution in [0.2, 0.25) is 0 Å². The lowest BCUT2D eigenvalue weighted by molar-refractivity contribution is 0.315. The predicted molar refractivity (Wildman–Crippen MR) is 129 cm³/mol. The highest BCUT2D eigenvalue weighted by Gasteiger charge is 2.12. The van der Waals surface area contributed by atoms with Gasteiger partial charge < -0.3 is 18.1 Å². The summed E-state index contributed by atoms with van der Waals surface area (Å²) in [6.07, 6.45) is 2.06. The van der Waals surface area contributed by atoms with Crippen LogP contribution in [0.4, 0.5) is 0 Å². The van der Waals surface area contributed by atoms with Gasteiger partial charge in [-0.05, 0) is 80.1 Å². The maximum absolute atomic E-state index is 6.02. The molecular formula is C23H26O4P2S. The van der Waals surface area contributed by atoms with E-state index in [0.29, 0.717) is 6.61 Å². The quantitative estimate of drug-likeness (QED) is 0.179. The second-order valence-electron chi connectivity index (χ2n) is 6.83. The lowest BCUT2D eigenvalue weighted by Crippen LogP contribution is -1.96. The van der Waals surface area contributed by atoms with Crippen LogP contribution in [0.3, 0.4) is 0 Å². The van der Waals surface area contributed by atoms with Crippen molar-refractivity contribution in [2.75, 3.05) is 6.26 Å². The molecule has 3 aromatic carbocycles. The fourth-order valence-electron chi connectivity index (χ4n) is 2.84. The van der Waals surface area contributed by atoms with E-state index in [1.54, 1.807) is 11.8 Å². The lowest BCUT2D eigenvalue weighted by atomic mass is 10.1. The molecule has 0 fully saturated rings. The Labute approximate surface area is 186 Å². The van der Waals surface area contributed by atoms with Crippen molar-refractivity contribution in [2.45, 2.75) is 32.3 Å². The maximum atomic E-state index is 6.02. The van der Waals surface area contributed by atoms with Crippen LogP contribution < -0.4 is 13.6 Å². The van der Waals surface area contributed by atoms with Crippen LogP contribution >= 0.6 is 29.8 Å². The minimum atomic E-state index is -0.136. The van der Waals surface area contributed by atoms with Crippen molar-refractivity contribution in [3.63, 3.8) is 0 Å². The molecule has 7 heteroatoms. The van der Waals surface area contributed by atoms with E-state index in [1.165, 1.54) is 4.90 Å². The summed E-state index contributed by atoms with van der Waals surface area (Å²) in [6.45, 7) is 6.53. The summed E-state index contributed by atoms with van der Waals surface area (Å²) in [4.78, 5) is 1.17. The Kier molecular flexibility index (Phi) is 8.84. The molecule has 0 aromatic heterocycles. The number of rotatable bonds is 10. The third-order valence-electron chi connectivity index (χ3n) is 4.29. The molecule has 158 valence electrons. The van der Waals surface area contributed by atoms with Crippen LogP contribution in [-0.4, -0.2) is 6.26 Å². The van der Waals surface area contributed by atoms with Crippen molar-refractivity contribution in [2.24, 2.45) is 0 Å². The monoisotopic (exact) mass is 460 g/mol. The molecule has 3 aromatic rings. The first-order valence-electron chi connectivity index (χ1n) is 9.48. The van der Waals surface area contributed by atoms with Gasteiger partial charge >= 0.3 is 0 Å². The maximum Gasteiger partial charge on any atom is 0.275 e. The largest absolute Gasteiger partial charge is 0.450 e. The zero-order chi connectivity index (χ0) is 21.3. The first kappa shape index (κ1) is 22.9. The molecule has 0 bridgehead atoms. The highest BCUT2D eigenvalue weighted by atomic mass is 32.2. The van der Waals surface area contributed by atoms with Gasteiger partial charge in [-0.3, -0.25) is 0 Å². The summed E-state index contributed by atoms with van der Waals surface area (Å²) in [5, 5.41) is 0. The summed E-state index contributed by atoms with van der Waals surface area (Å²) in [7, 11) is -0.227. The van der Waals surface area contributed by atoms with Gasteiger partial charge in [0, 0.05) is 10.5 Å². The Hall–Kier alpha value is -1.77. The predicted octanol–water partition coefficient (Wildman–Crippen LogP) is 7.40. The van der Waals surface area contributed by atoms with Crippen molar-refractivity contribution in [3.05, 3.63) is 82.9 Å². The van der Waals surface area contributed by atoms with Crippen LogP contribution in [0, 0.1) is 20.8 Å². The fraction of sp³-hybridized carbons (Fsp3) is 0.217. The molecule has 0 aliphatic heterocycles. The molecule has 30 heavy (non-hydrogen) atoms. The second-order valence-corrected chi connectivity index (χ2v) is 8.94. The van der Waals surface area contributed by atoms with Crippen molar-refractivity contribution in [3.8, 4) is 17.2 Å². The normalized spacial score (nSPS) is 11.5. The molecule has 0 heterocycles. The van der Waals surface area contributed by atoms with E-state index < -0.39 is 0 Å². The highest BCUT2D eigenvalue weighted by molar-refractivity contribution is 7.98. The minimum Gasteiger partial charge on any atom is -0.450 e.